The van der Waals surface area contributed by atoms with Gasteiger partial charge in [-0.05, 0) is 56.1 Å². The second kappa shape index (κ2) is 9.23. The van der Waals surface area contributed by atoms with Crippen LogP contribution in [-0.2, 0) is 14.8 Å². The molecule has 0 aliphatic carbocycles. The van der Waals surface area contributed by atoms with Gasteiger partial charge in [0.05, 0.1) is 4.90 Å². The molecule has 0 radical (unpaired) electrons. The van der Waals surface area contributed by atoms with Crippen molar-refractivity contribution in [1.82, 2.24) is 4.72 Å². The minimum Gasteiger partial charge on any atom is -0.478 e. The highest BCUT2D eigenvalue weighted by Crippen LogP contribution is 2.28. The van der Waals surface area contributed by atoms with Crippen LogP contribution in [0.15, 0.2) is 28.7 Å². The molecule has 0 saturated carbocycles. The summed E-state index contributed by atoms with van der Waals surface area (Å²) in [5.41, 5.74) is 2.38. The van der Waals surface area contributed by atoms with E-state index in [4.69, 9.17) is 0 Å². The zero-order valence-corrected chi connectivity index (χ0v) is 19.2. The predicted molar refractivity (Wildman–Crippen MR) is 114 cm³/mol. The van der Waals surface area contributed by atoms with Crippen LogP contribution in [-0.4, -0.2) is 25.5 Å². The maximum Gasteiger partial charge on any atom is 0.331 e. The van der Waals surface area contributed by atoms with E-state index in [2.05, 4.69) is 4.72 Å². The molecule has 2 N–H and O–H groups in total. The largest absolute Gasteiger partial charge is 0.478 e. The Hall–Kier alpha value is -1.66. The fourth-order valence-electron chi connectivity index (χ4n) is 3.37. The van der Waals surface area contributed by atoms with Gasteiger partial charge in [-0.1, -0.05) is 58.4 Å². The molecular formula is C22H35NO4S. The van der Waals surface area contributed by atoms with Crippen LogP contribution in [0.1, 0.15) is 64.2 Å². The molecule has 6 heteroatoms. The van der Waals surface area contributed by atoms with E-state index in [1.54, 1.807) is 19.9 Å². The summed E-state index contributed by atoms with van der Waals surface area (Å²) in [5, 5.41) is 9.44. The van der Waals surface area contributed by atoms with Gasteiger partial charge in [0.1, 0.15) is 0 Å². The summed E-state index contributed by atoms with van der Waals surface area (Å²) in [6.07, 6.45) is 2.44. The summed E-state index contributed by atoms with van der Waals surface area (Å²) in [5.74, 6) is -0.737. The molecule has 1 aromatic carbocycles. The first-order valence-corrected chi connectivity index (χ1v) is 11.2. The number of hydrogen-bond donors (Lipinski definition) is 2. The maximum absolute atomic E-state index is 13.2. The van der Waals surface area contributed by atoms with Crippen LogP contribution < -0.4 is 4.72 Å². The van der Waals surface area contributed by atoms with Crippen LogP contribution >= 0.6 is 0 Å². The summed E-state index contributed by atoms with van der Waals surface area (Å²) < 4.78 is 29.1. The van der Waals surface area contributed by atoms with E-state index in [-0.39, 0.29) is 11.3 Å². The van der Waals surface area contributed by atoms with Crippen molar-refractivity contribution in [3.63, 3.8) is 0 Å². The summed E-state index contributed by atoms with van der Waals surface area (Å²) in [7, 11) is -3.74. The fourth-order valence-corrected chi connectivity index (χ4v) is 5.28. The average molecular weight is 410 g/mol. The Morgan fingerprint density at radius 2 is 1.64 bits per heavy atom. The molecule has 0 aliphatic heterocycles. The molecule has 1 rings (SSSR count). The third kappa shape index (κ3) is 6.74. The van der Waals surface area contributed by atoms with E-state index in [0.717, 1.165) is 5.56 Å². The normalized spacial score (nSPS) is 14.4. The highest BCUT2D eigenvalue weighted by molar-refractivity contribution is 7.89. The Balaban J connectivity index is 3.25. The molecule has 5 nitrogen and oxygen atoms in total. The van der Waals surface area contributed by atoms with Crippen molar-refractivity contribution in [3.8, 4) is 0 Å². The Kier molecular flexibility index (Phi) is 8.03. The van der Waals surface area contributed by atoms with Crippen LogP contribution in [0.4, 0.5) is 0 Å². The summed E-state index contributed by atoms with van der Waals surface area (Å²) in [4.78, 5) is 11.8. The number of benzene rings is 1. The van der Waals surface area contributed by atoms with Gasteiger partial charge in [0.15, 0.2) is 0 Å². The summed E-state index contributed by atoms with van der Waals surface area (Å²) >= 11 is 0. The Morgan fingerprint density at radius 3 is 2.04 bits per heavy atom. The average Bonchev–Trinajstić information content (AvgIpc) is 2.46. The lowest BCUT2D eigenvalue weighted by Crippen LogP contribution is -2.43. The molecular weight excluding hydrogens is 374 g/mol. The van der Waals surface area contributed by atoms with Gasteiger partial charge in [-0.3, -0.25) is 0 Å². The minimum absolute atomic E-state index is 0.213. The molecule has 158 valence electrons. The molecule has 0 aromatic heterocycles. The minimum atomic E-state index is -3.74. The zero-order chi connectivity index (χ0) is 21.9. The highest BCUT2D eigenvalue weighted by Gasteiger charge is 2.31. The molecule has 0 heterocycles. The van der Waals surface area contributed by atoms with Crippen LogP contribution in [0.25, 0.3) is 0 Å². The van der Waals surface area contributed by atoms with Crippen molar-refractivity contribution < 1.29 is 18.3 Å². The molecule has 0 spiro atoms. The van der Waals surface area contributed by atoms with E-state index >= 15 is 0 Å². The van der Waals surface area contributed by atoms with Gasteiger partial charge in [-0.2, -0.15) is 0 Å². The second-order valence-corrected chi connectivity index (χ2v) is 10.8. The van der Waals surface area contributed by atoms with Gasteiger partial charge in [-0.25, -0.2) is 17.9 Å². The van der Waals surface area contributed by atoms with Crippen LogP contribution in [0, 0.1) is 32.1 Å². The van der Waals surface area contributed by atoms with E-state index in [0.29, 0.717) is 34.4 Å². The van der Waals surface area contributed by atoms with Gasteiger partial charge < -0.3 is 5.11 Å². The van der Waals surface area contributed by atoms with Gasteiger partial charge in [-0.15, -0.1) is 0 Å². The molecule has 0 fully saturated rings. The quantitative estimate of drug-likeness (QED) is 0.607. The van der Waals surface area contributed by atoms with E-state index in [1.807, 2.05) is 53.7 Å². The Morgan fingerprint density at radius 1 is 1.14 bits per heavy atom. The Labute approximate surface area is 170 Å². The van der Waals surface area contributed by atoms with Gasteiger partial charge >= 0.3 is 5.97 Å². The van der Waals surface area contributed by atoms with Crippen LogP contribution in [0.5, 0.6) is 0 Å². The van der Waals surface area contributed by atoms with Gasteiger partial charge in [0, 0.05) is 11.6 Å². The number of carbonyl (C=O) groups is 1. The Bertz CT molecular complexity index is 823. The molecule has 0 aliphatic rings. The van der Waals surface area contributed by atoms with E-state index in [1.165, 1.54) is 0 Å². The summed E-state index contributed by atoms with van der Waals surface area (Å²) in [6, 6.07) is 3.29. The van der Waals surface area contributed by atoms with Crippen molar-refractivity contribution in [2.75, 3.05) is 0 Å². The van der Waals surface area contributed by atoms with Crippen LogP contribution in [0.3, 0.4) is 0 Å². The van der Waals surface area contributed by atoms with Crippen molar-refractivity contribution in [2.45, 2.75) is 79.2 Å². The second-order valence-electron chi connectivity index (χ2n) is 9.14. The molecule has 1 unspecified atom stereocenters. The fraction of sp³-hybridized carbons (Fsp3) is 0.591. The van der Waals surface area contributed by atoms with Gasteiger partial charge in [0.25, 0.3) is 0 Å². The maximum atomic E-state index is 13.2. The molecule has 1 atom stereocenters. The van der Waals surface area contributed by atoms with E-state index in [9.17, 15) is 18.3 Å². The lowest BCUT2D eigenvalue weighted by atomic mass is 9.85. The number of sulfonamides is 1. The topological polar surface area (TPSA) is 83.5 Å². The standard InChI is InChI=1S/C22H35NO4S/c1-14(2)11-18(21(24)25)9-10-19(22(6,7)8)23-28(26,27)20-16(4)12-15(3)13-17(20)5/h9,12-14,19,23H,10-11H2,1-8H3,(H,24,25)/b18-9+. The first kappa shape index (κ1) is 24.4. The number of carboxylic acids is 1. The first-order chi connectivity index (χ1) is 12.6. The molecule has 0 saturated heterocycles. The lowest BCUT2D eigenvalue weighted by Gasteiger charge is -2.31. The lowest BCUT2D eigenvalue weighted by molar-refractivity contribution is -0.132. The smallest absolute Gasteiger partial charge is 0.331 e. The number of aliphatic carboxylic acids is 1. The van der Waals surface area contributed by atoms with Gasteiger partial charge in [0.2, 0.25) is 10.0 Å². The van der Waals surface area contributed by atoms with Crippen molar-refractivity contribution >= 4 is 16.0 Å². The number of nitrogens with one attached hydrogen (secondary N) is 1. The summed E-state index contributed by atoms with van der Waals surface area (Å²) in [6.45, 7) is 15.3. The SMILES string of the molecule is Cc1cc(C)c(S(=O)(=O)NC(C/C=C(\CC(C)C)C(=O)O)C(C)(C)C)c(C)c1. The molecule has 1 aromatic rings. The predicted octanol–water partition coefficient (Wildman–Crippen LogP) is 4.75. The highest BCUT2D eigenvalue weighted by atomic mass is 32.2. The van der Waals surface area contributed by atoms with E-state index < -0.39 is 22.0 Å². The van der Waals surface area contributed by atoms with Crippen molar-refractivity contribution in [2.24, 2.45) is 11.3 Å². The number of rotatable bonds is 8. The molecule has 0 bridgehead atoms. The molecule has 28 heavy (non-hydrogen) atoms. The number of hydrogen-bond acceptors (Lipinski definition) is 3. The third-order valence-electron chi connectivity index (χ3n) is 4.72. The first-order valence-electron chi connectivity index (χ1n) is 9.67. The van der Waals surface area contributed by atoms with Crippen molar-refractivity contribution in [3.05, 3.63) is 40.5 Å². The number of aryl methyl sites for hydroxylation is 3. The number of carboxylic acid groups (broad SMARTS) is 1. The van der Waals surface area contributed by atoms with Crippen molar-refractivity contribution in [1.29, 1.82) is 0 Å². The zero-order valence-electron chi connectivity index (χ0n) is 18.4. The molecule has 0 amide bonds. The third-order valence-corrected chi connectivity index (χ3v) is 6.50. The monoisotopic (exact) mass is 409 g/mol. The van der Waals surface area contributed by atoms with Crippen LogP contribution in [0.2, 0.25) is 0 Å².